The van der Waals surface area contributed by atoms with Gasteiger partial charge in [0.05, 0.1) is 25.9 Å². The number of aromatic nitrogens is 2. The summed E-state index contributed by atoms with van der Waals surface area (Å²) in [7, 11) is 0. The number of rotatable bonds is 10. The van der Waals surface area contributed by atoms with E-state index in [1.165, 1.54) is 18.3 Å². The second-order valence-corrected chi connectivity index (χ2v) is 8.80. The number of amides is 1. The first-order valence-corrected chi connectivity index (χ1v) is 10.6. The normalized spacial score (nSPS) is 20.0. The Morgan fingerprint density at radius 2 is 2.00 bits per heavy atom. The second kappa shape index (κ2) is 9.52. The van der Waals surface area contributed by atoms with E-state index in [2.05, 4.69) is 29.1 Å². The predicted octanol–water partition coefficient (Wildman–Crippen LogP) is 3.42. The van der Waals surface area contributed by atoms with E-state index in [1.54, 1.807) is 0 Å². The Bertz CT molecular complexity index is 789. The minimum atomic E-state index is -0.0278. The molecular weight excluding hydrogens is 378 g/mol. The zero-order chi connectivity index (χ0) is 20.1. The molecule has 0 aromatic carbocycles. The monoisotopic (exact) mass is 407 g/mol. The van der Waals surface area contributed by atoms with E-state index in [4.69, 9.17) is 14.2 Å². The van der Waals surface area contributed by atoms with Crippen LogP contribution in [0.25, 0.3) is 10.3 Å². The maximum absolute atomic E-state index is 11.0. The number of carbonyl (C=O) groups excluding carboxylic acids is 1. The highest BCUT2D eigenvalue weighted by molar-refractivity contribution is 7.19. The highest BCUT2D eigenvalue weighted by Gasteiger charge is 2.30. The van der Waals surface area contributed by atoms with Gasteiger partial charge in [0, 0.05) is 19.0 Å². The lowest BCUT2D eigenvalue weighted by atomic mass is 9.83. The molecule has 8 heteroatoms. The Hall–Kier alpha value is -1.93. The number of ether oxygens (including phenoxy) is 3. The molecule has 1 saturated carbocycles. The molecule has 0 saturated heterocycles. The largest absolute Gasteiger partial charge is 0.477 e. The van der Waals surface area contributed by atoms with E-state index in [0.29, 0.717) is 42.7 Å². The minimum Gasteiger partial charge on any atom is -0.477 e. The summed E-state index contributed by atoms with van der Waals surface area (Å²) in [5.41, 5.74) is 0.835. The molecule has 0 bridgehead atoms. The molecule has 1 atom stereocenters. The third kappa shape index (κ3) is 6.04. The van der Waals surface area contributed by atoms with Gasteiger partial charge < -0.3 is 19.5 Å². The van der Waals surface area contributed by atoms with Gasteiger partial charge in [-0.2, -0.15) is 0 Å². The van der Waals surface area contributed by atoms with Gasteiger partial charge in [0.1, 0.15) is 5.52 Å². The molecule has 3 rings (SSSR count). The van der Waals surface area contributed by atoms with Gasteiger partial charge in [-0.25, -0.2) is 9.97 Å². The van der Waals surface area contributed by atoms with E-state index < -0.39 is 0 Å². The molecule has 2 heterocycles. The van der Waals surface area contributed by atoms with Gasteiger partial charge in [-0.3, -0.25) is 4.79 Å². The molecule has 0 unspecified atom stereocenters. The first kappa shape index (κ1) is 20.8. The summed E-state index contributed by atoms with van der Waals surface area (Å²) in [6.45, 7) is 9.51. The summed E-state index contributed by atoms with van der Waals surface area (Å²) < 4.78 is 17.4. The van der Waals surface area contributed by atoms with Crippen molar-refractivity contribution >= 4 is 27.6 Å². The fourth-order valence-corrected chi connectivity index (χ4v) is 3.77. The average Bonchev–Trinajstić information content (AvgIpc) is 2.99. The van der Waals surface area contributed by atoms with Gasteiger partial charge in [-0.05, 0) is 37.7 Å². The SMILES string of the molecule is CC(=O)N[C@@H](C)CO[C@H]1C[C@H](COc2ccc3nc(OCC(C)C)sc3n2)C1. The van der Waals surface area contributed by atoms with Crippen LogP contribution in [0.1, 0.15) is 40.5 Å². The number of hydrogen-bond acceptors (Lipinski definition) is 7. The van der Waals surface area contributed by atoms with Crippen LogP contribution in [0.15, 0.2) is 12.1 Å². The highest BCUT2D eigenvalue weighted by atomic mass is 32.1. The highest BCUT2D eigenvalue weighted by Crippen LogP contribution is 2.32. The first-order valence-electron chi connectivity index (χ1n) is 9.81. The van der Waals surface area contributed by atoms with Crippen LogP contribution in [-0.2, 0) is 9.53 Å². The van der Waals surface area contributed by atoms with Crippen molar-refractivity contribution in [1.29, 1.82) is 0 Å². The summed E-state index contributed by atoms with van der Waals surface area (Å²) in [4.78, 5) is 20.8. The van der Waals surface area contributed by atoms with E-state index in [1.807, 2.05) is 19.1 Å². The Kier molecular flexibility index (Phi) is 7.07. The molecule has 0 aliphatic heterocycles. The molecule has 1 N–H and O–H groups in total. The van der Waals surface area contributed by atoms with E-state index >= 15 is 0 Å². The standard InChI is InChI=1S/C20H29N3O4S/c1-12(2)9-27-20-22-17-5-6-18(23-19(17)28-20)26-11-15-7-16(8-15)25-10-13(3)21-14(4)24/h5-6,12-13,15-16H,7-11H2,1-4H3,(H,21,24)/t13-,15-,16-/m0/s1. The van der Waals surface area contributed by atoms with Crippen LogP contribution in [0.2, 0.25) is 0 Å². The lowest BCUT2D eigenvalue weighted by Gasteiger charge is -2.35. The Labute approximate surface area is 169 Å². The molecular formula is C20H29N3O4S. The van der Waals surface area contributed by atoms with Crippen LogP contribution in [-0.4, -0.2) is 47.8 Å². The van der Waals surface area contributed by atoms with Gasteiger partial charge >= 0.3 is 0 Å². The average molecular weight is 408 g/mol. The minimum absolute atomic E-state index is 0.0278. The number of fused-ring (bicyclic) bond motifs is 1. The molecule has 28 heavy (non-hydrogen) atoms. The van der Waals surface area contributed by atoms with Crippen LogP contribution in [0, 0.1) is 11.8 Å². The topological polar surface area (TPSA) is 82.6 Å². The smallest absolute Gasteiger partial charge is 0.275 e. The van der Waals surface area contributed by atoms with Gasteiger partial charge in [0.15, 0.2) is 4.83 Å². The molecule has 2 aromatic heterocycles. The van der Waals surface area contributed by atoms with Crippen molar-refractivity contribution in [3.8, 4) is 11.1 Å². The maximum Gasteiger partial charge on any atom is 0.275 e. The summed E-state index contributed by atoms with van der Waals surface area (Å²) in [6.07, 6.45) is 2.20. The van der Waals surface area contributed by atoms with Crippen molar-refractivity contribution in [2.45, 2.75) is 52.7 Å². The van der Waals surface area contributed by atoms with Crippen molar-refractivity contribution in [3.63, 3.8) is 0 Å². The lowest BCUT2D eigenvalue weighted by molar-refractivity contribution is -0.120. The molecule has 0 spiro atoms. The van der Waals surface area contributed by atoms with Crippen LogP contribution in [0.5, 0.6) is 11.1 Å². The number of carbonyl (C=O) groups is 1. The quantitative estimate of drug-likeness (QED) is 0.650. The Morgan fingerprint density at radius 1 is 1.21 bits per heavy atom. The summed E-state index contributed by atoms with van der Waals surface area (Å²) >= 11 is 1.45. The third-order valence-electron chi connectivity index (χ3n) is 4.44. The van der Waals surface area contributed by atoms with Crippen LogP contribution < -0.4 is 14.8 Å². The summed E-state index contributed by atoms with van der Waals surface area (Å²) in [5.74, 6) is 1.53. The van der Waals surface area contributed by atoms with E-state index in [9.17, 15) is 4.79 Å². The molecule has 0 radical (unpaired) electrons. The van der Waals surface area contributed by atoms with Crippen LogP contribution >= 0.6 is 11.3 Å². The predicted molar refractivity (Wildman–Crippen MR) is 109 cm³/mol. The summed E-state index contributed by atoms with van der Waals surface area (Å²) in [5, 5.41) is 3.48. The molecule has 154 valence electrons. The van der Waals surface area contributed by atoms with Crippen molar-refractivity contribution in [1.82, 2.24) is 15.3 Å². The van der Waals surface area contributed by atoms with Gasteiger partial charge in [0.2, 0.25) is 11.8 Å². The number of nitrogens with zero attached hydrogens (tertiary/aromatic N) is 2. The maximum atomic E-state index is 11.0. The van der Waals surface area contributed by atoms with Gasteiger partial charge in [0.25, 0.3) is 5.19 Å². The molecule has 7 nitrogen and oxygen atoms in total. The fraction of sp³-hybridized carbons (Fsp3) is 0.650. The summed E-state index contributed by atoms with van der Waals surface area (Å²) in [6, 6.07) is 3.82. The molecule has 1 aliphatic carbocycles. The van der Waals surface area contributed by atoms with Gasteiger partial charge in [-0.15, -0.1) is 0 Å². The third-order valence-corrected chi connectivity index (χ3v) is 5.32. The number of thiazole rings is 1. The Balaban J connectivity index is 1.39. The van der Waals surface area contributed by atoms with Crippen LogP contribution in [0.3, 0.4) is 0 Å². The number of pyridine rings is 1. The first-order chi connectivity index (χ1) is 13.4. The lowest BCUT2D eigenvalue weighted by Crippen LogP contribution is -2.40. The van der Waals surface area contributed by atoms with Gasteiger partial charge in [-0.1, -0.05) is 25.2 Å². The fourth-order valence-electron chi connectivity index (χ4n) is 2.98. The Morgan fingerprint density at radius 3 is 2.71 bits per heavy atom. The van der Waals surface area contributed by atoms with Crippen molar-refractivity contribution in [2.24, 2.45) is 11.8 Å². The number of hydrogen-bond donors (Lipinski definition) is 1. The van der Waals surface area contributed by atoms with Crippen molar-refractivity contribution in [3.05, 3.63) is 12.1 Å². The molecule has 1 amide bonds. The van der Waals surface area contributed by atoms with E-state index in [-0.39, 0.29) is 18.1 Å². The molecule has 1 fully saturated rings. The van der Waals surface area contributed by atoms with Crippen LogP contribution in [0.4, 0.5) is 0 Å². The second-order valence-electron chi connectivity index (χ2n) is 7.86. The molecule has 2 aromatic rings. The molecule has 1 aliphatic rings. The number of nitrogens with one attached hydrogen (secondary N) is 1. The zero-order valence-electron chi connectivity index (χ0n) is 16.9. The van der Waals surface area contributed by atoms with Crippen molar-refractivity contribution in [2.75, 3.05) is 19.8 Å². The van der Waals surface area contributed by atoms with E-state index in [0.717, 1.165) is 23.2 Å². The zero-order valence-corrected chi connectivity index (χ0v) is 17.8. The van der Waals surface area contributed by atoms with Crippen molar-refractivity contribution < 1.29 is 19.0 Å².